The molecular formula is C20H32N4O4S. The molecule has 1 atom stereocenters. The zero-order chi connectivity index (χ0) is 21.8. The predicted octanol–water partition coefficient (Wildman–Crippen LogP) is 1.37. The lowest BCUT2D eigenvalue weighted by molar-refractivity contribution is -0.124. The highest BCUT2D eigenvalue weighted by Crippen LogP contribution is 2.24. The van der Waals surface area contributed by atoms with E-state index in [4.69, 9.17) is 5.14 Å². The molecule has 29 heavy (non-hydrogen) atoms. The highest BCUT2D eigenvalue weighted by molar-refractivity contribution is 7.89. The van der Waals surface area contributed by atoms with E-state index < -0.39 is 10.0 Å². The summed E-state index contributed by atoms with van der Waals surface area (Å²) in [5, 5.41) is 11.0. The maximum atomic E-state index is 12.6. The van der Waals surface area contributed by atoms with Crippen LogP contribution in [0.15, 0.2) is 17.0 Å². The van der Waals surface area contributed by atoms with Crippen LogP contribution in [0.2, 0.25) is 0 Å². The number of carbonyl (C=O) groups excluding carboxylic acids is 2. The van der Waals surface area contributed by atoms with Gasteiger partial charge in [-0.05, 0) is 62.4 Å². The van der Waals surface area contributed by atoms with E-state index in [2.05, 4.69) is 15.5 Å². The van der Waals surface area contributed by atoms with E-state index >= 15 is 0 Å². The summed E-state index contributed by atoms with van der Waals surface area (Å²) in [5.74, 6) is 0.112. The summed E-state index contributed by atoms with van der Waals surface area (Å²) in [5.41, 5.74) is 2.00. The third-order valence-electron chi connectivity index (χ3n) is 5.30. The van der Waals surface area contributed by atoms with Crippen LogP contribution in [0.4, 0.5) is 5.69 Å². The fourth-order valence-corrected chi connectivity index (χ4v) is 4.05. The number of hydrogen-bond acceptors (Lipinski definition) is 5. The number of nitrogens with two attached hydrogens (primary N) is 1. The third-order valence-corrected chi connectivity index (χ3v) is 6.20. The normalized spacial score (nSPS) is 17.9. The SMILES string of the molecule is Cc1cc(S(N)(=O)=O)cc(NC(=O)CN2CCCC(CNC(=O)C(C)C)C2)c1C. The number of aryl methyl sites for hydroxylation is 1. The number of carbonyl (C=O) groups is 2. The molecule has 1 aliphatic heterocycles. The molecule has 0 spiro atoms. The second kappa shape index (κ2) is 9.69. The van der Waals surface area contributed by atoms with Gasteiger partial charge in [-0.3, -0.25) is 14.5 Å². The molecule has 4 N–H and O–H groups in total. The standard InChI is InChI=1S/C20H32N4O4S/c1-13(2)20(26)22-10-16-6-5-7-24(11-16)12-19(25)23-18-9-17(29(21,27)28)8-14(3)15(18)4/h8-9,13,16H,5-7,10-12H2,1-4H3,(H,22,26)(H,23,25)(H2,21,27,28). The van der Waals surface area contributed by atoms with Crippen molar-refractivity contribution in [3.63, 3.8) is 0 Å². The van der Waals surface area contributed by atoms with E-state index in [-0.39, 0.29) is 29.2 Å². The average molecular weight is 425 g/mol. The topological polar surface area (TPSA) is 122 Å². The van der Waals surface area contributed by atoms with Crippen LogP contribution < -0.4 is 15.8 Å². The second-order valence-corrected chi connectivity index (χ2v) is 9.71. The highest BCUT2D eigenvalue weighted by Gasteiger charge is 2.23. The molecule has 9 heteroatoms. The van der Waals surface area contributed by atoms with E-state index in [1.807, 2.05) is 20.8 Å². The molecule has 1 saturated heterocycles. The van der Waals surface area contributed by atoms with Crippen LogP contribution in [0.1, 0.15) is 37.8 Å². The molecule has 0 bridgehead atoms. The van der Waals surface area contributed by atoms with Crippen LogP contribution in [0.25, 0.3) is 0 Å². The van der Waals surface area contributed by atoms with Gasteiger partial charge in [0.2, 0.25) is 21.8 Å². The number of hydrogen-bond donors (Lipinski definition) is 3. The Bertz CT molecular complexity index is 867. The van der Waals surface area contributed by atoms with Gasteiger partial charge in [-0.2, -0.15) is 0 Å². The molecule has 1 heterocycles. The zero-order valence-corrected chi connectivity index (χ0v) is 18.4. The molecule has 8 nitrogen and oxygen atoms in total. The number of primary sulfonamides is 1. The Morgan fingerprint density at radius 2 is 1.97 bits per heavy atom. The van der Waals surface area contributed by atoms with Crippen molar-refractivity contribution in [2.75, 3.05) is 31.5 Å². The lowest BCUT2D eigenvalue weighted by atomic mass is 9.97. The van der Waals surface area contributed by atoms with Crippen LogP contribution in [0, 0.1) is 25.7 Å². The predicted molar refractivity (Wildman–Crippen MR) is 113 cm³/mol. The molecule has 0 saturated carbocycles. The summed E-state index contributed by atoms with van der Waals surface area (Å²) in [7, 11) is -3.85. The van der Waals surface area contributed by atoms with E-state index in [1.54, 1.807) is 6.92 Å². The van der Waals surface area contributed by atoms with Crippen molar-refractivity contribution in [3.8, 4) is 0 Å². The van der Waals surface area contributed by atoms with Gasteiger partial charge < -0.3 is 10.6 Å². The smallest absolute Gasteiger partial charge is 0.238 e. The van der Waals surface area contributed by atoms with Gasteiger partial charge in [-0.15, -0.1) is 0 Å². The number of nitrogens with zero attached hydrogens (tertiary/aromatic N) is 1. The monoisotopic (exact) mass is 424 g/mol. The van der Waals surface area contributed by atoms with Gasteiger partial charge in [0.25, 0.3) is 0 Å². The van der Waals surface area contributed by atoms with E-state index in [1.165, 1.54) is 12.1 Å². The molecule has 2 amide bonds. The van der Waals surface area contributed by atoms with Gasteiger partial charge in [0.05, 0.1) is 11.4 Å². The molecule has 162 valence electrons. The Labute approximate surface area is 173 Å². The van der Waals surface area contributed by atoms with Gasteiger partial charge in [-0.1, -0.05) is 13.8 Å². The Balaban J connectivity index is 1.97. The summed E-state index contributed by atoms with van der Waals surface area (Å²) < 4.78 is 23.3. The van der Waals surface area contributed by atoms with Gasteiger partial charge >= 0.3 is 0 Å². The van der Waals surface area contributed by atoms with Crippen molar-refractivity contribution < 1.29 is 18.0 Å². The number of nitrogens with one attached hydrogen (secondary N) is 2. The second-order valence-electron chi connectivity index (χ2n) is 8.15. The van der Waals surface area contributed by atoms with Crippen LogP contribution in [-0.4, -0.2) is 51.3 Å². The lowest BCUT2D eigenvalue weighted by Crippen LogP contribution is -2.44. The minimum Gasteiger partial charge on any atom is -0.356 e. The first-order valence-corrected chi connectivity index (χ1v) is 11.5. The van der Waals surface area contributed by atoms with Crippen molar-refractivity contribution >= 4 is 27.5 Å². The Hall–Kier alpha value is -1.97. The first-order valence-electron chi connectivity index (χ1n) is 9.91. The van der Waals surface area contributed by atoms with Crippen molar-refractivity contribution in [2.24, 2.45) is 17.0 Å². The molecule has 1 aromatic rings. The molecule has 1 unspecified atom stereocenters. The number of amides is 2. The van der Waals surface area contributed by atoms with E-state index in [0.717, 1.165) is 37.1 Å². The molecule has 1 aromatic carbocycles. The average Bonchev–Trinajstić information content (AvgIpc) is 2.62. The molecule has 0 aliphatic carbocycles. The summed E-state index contributed by atoms with van der Waals surface area (Å²) in [6.45, 7) is 9.71. The fourth-order valence-electron chi connectivity index (χ4n) is 3.42. The zero-order valence-electron chi connectivity index (χ0n) is 17.6. The number of piperidine rings is 1. The van der Waals surface area contributed by atoms with Crippen LogP contribution >= 0.6 is 0 Å². The summed E-state index contributed by atoms with van der Waals surface area (Å²) in [6, 6.07) is 2.90. The van der Waals surface area contributed by atoms with Gasteiger partial charge in [0, 0.05) is 24.7 Å². The van der Waals surface area contributed by atoms with Gasteiger partial charge in [-0.25, -0.2) is 13.6 Å². The molecule has 1 fully saturated rings. The first kappa shape index (κ1) is 23.3. The molecule has 2 rings (SSSR count). The number of likely N-dealkylation sites (tertiary alicyclic amines) is 1. The number of sulfonamides is 1. The summed E-state index contributed by atoms with van der Waals surface area (Å²) >= 11 is 0. The molecular weight excluding hydrogens is 392 g/mol. The van der Waals surface area contributed by atoms with Crippen LogP contribution in [0.5, 0.6) is 0 Å². The highest BCUT2D eigenvalue weighted by atomic mass is 32.2. The van der Waals surface area contributed by atoms with E-state index in [9.17, 15) is 18.0 Å². The van der Waals surface area contributed by atoms with Gasteiger partial charge in [0.15, 0.2) is 0 Å². The van der Waals surface area contributed by atoms with Crippen LogP contribution in [-0.2, 0) is 19.6 Å². The van der Waals surface area contributed by atoms with Crippen molar-refractivity contribution in [1.82, 2.24) is 10.2 Å². The minimum absolute atomic E-state index is 0.0187. The van der Waals surface area contributed by atoms with Crippen molar-refractivity contribution in [2.45, 2.75) is 45.4 Å². The summed E-state index contributed by atoms with van der Waals surface area (Å²) in [4.78, 5) is 26.4. The third kappa shape index (κ3) is 6.80. The quantitative estimate of drug-likeness (QED) is 0.610. The number of rotatable bonds is 7. The fraction of sp³-hybridized carbons (Fsp3) is 0.600. The Morgan fingerprint density at radius 3 is 2.59 bits per heavy atom. The van der Waals surface area contributed by atoms with Gasteiger partial charge in [0.1, 0.15) is 0 Å². The molecule has 1 aliphatic rings. The first-order chi connectivity index (χ1) is 13.5. The maximum Gasteiger partial charge on any atom is 0.238 e. The lowest BCUT2D eigenvalue weighted by Gasteiger charge is -2.32. The maximum absolute atomic E-state index is 12.6. The number of benzene rings is 1. The van der Waals surface area contributed by atoms with Crippen molar-refractivity contribution in [1.29, 1.82) is 0 Å². The van der Waals surface area contributed by atoms with Crippen LogP contribution in [0.3, 0.4) is 0 Å². The largest absolute Gasteiger partial charge is 0.356 e. The molecule has 0 aromatic heterocycles. The Kier molecular flexibility index (Phi) is 7.79. The summed E-state index contributed by atoms with van der Waals surface area (Å²) in [6.07, 6.45) is 1.99. The minimum atomic E-state index is -3.85. The molecule has 0 radical (unpaired) electrons. The number of anilines is 1. The van der Waals surface area contributed by atoms with E-state index in [0.29, 0.717) is 18.2 Å². The Morgan fingerprint density at radius 1 is 1.28 bits per heavy atom. The van der Waals surface area contributed by atoms with Crippen molar-refractivity contribution in [3.05, 3.63) is 23.3 Å².